The van der Waals surface area contributed by atoms with E-state index in [2.05, 4.69) is 10.2 Å². The van der Waals surface area contributed by atoms with Gasteiger partial charge in [0.25, 0.3) is 0 Å². The molecule has 2 heterocycles. The lowest BCUT2D eigenvalue weighted by atomic mass is 9.73. The van der Waals surface area contributed by atoms with Gasteiger partial charge in [-0.1, -0.05) is 19.3 Å². The van der Waals surface area contributed by atoms with Gasteiger partial charge in [-0.25, -0.2) is 4.79 Å². The molecular weight excluding hydrogens is 370 g/mol. The fourth-order valence-electron chi connectivity index (χ4n) is 4.83. The normalized spacial score (nSPS) is 24.3. The van der Waals surface area contributed by atoms with E-state index >= 15 is 0 Å². The zero-order valence-electron chi connectivity index (χ0n) is 18.0. The highest BCUT2D eigenvalue weighted by Gasteiger charge is 2.34. The molecule has 3 fully saturated rings. The molecule has 0 bridgehead atoms. The highest BCUT2D eigenvalue weighted by Crippen LogP contribution is 2.37. The van der Waals surface area contributed by atoms with E-state index in [1.165, 1.54) is 32.1 Å². The topological polar surface area (TPSA) is 92.4 Å². The summed E-state index contributed by atoms with van der Waals surface area (Å²) >= 11 is 0. The van der Waals surface area contributed by atoms with Crippen LogP contribution in [0.5, 0.6) is 0 Å². The maximum Gasteiger partial charge on any atom is 0.409 e. The van der Waals surface area contributed by atoms with E-state index in [0.717, 1.165) is 52.2 Å². The third-order valence-corrected chi connectivity index (χ3v) is 6.53. The van der Waals surface area contributed by atoms with Gasteiger partial charge in [0.2, 0.25) is 0 Å². The Labute approximate surface area is 175 Å². The number of hydrogen-bond donors (Lipinski definition) is 2. The number of nitrogens with two attached hydrogens (primary N) is 1. The second-order valence-electron chi connectivity index (χ2n) is 8.76. The summed E-state index contributed by atoms with van der Waals surface area (Å²) in [5.41, 5.74) is 6.50. The van der Waals surface area contributed by atoms with Crippen molar-refractivity contribution in [1.29, 1.82) is 0 Å². The first-order valence-electron chi connectivity index (χ1n) is 11.4. The summed E-state index contributed by atoms with van der Waals surface area (Å²) in [6.07, 6.45) is 7.91. The van der Waals surface area contributed by atoms with Crippen LogP contribution in [-0.4, -0.2) is 87.0 Å². The minimum atomic E-state index is -0.213. The number of carbonyl (C=O) groups excluding carboxylic acids is 1. The lowest BCUT2D eigenvalue weighted by Crippen LogP contribution is -2.49. The Balaban J connectivity index is 1.48. The zero-order valence-corrected chi connectivity index (χ0v) is 18.0. The molecule has 3 N–H and O–H groups in total. The maximum atomic E-state index is 11.8. The Morgan fingerprint density at radius 3 is 2.52 bits per heavy atom. The lowest BCUT2D eigenvalue weighted by molar-refractivity contribution is 0.00938. The van der Waals surface area contributed by atoms with Gasteiger partial charge in [0.15, 0.2) is 5.96 Å². The van der Waals surface area contributed by atoms with Crippen LogP contribution in [0.15, 0.2) is 4.99 Å². The second-order valence-corrected chi connectivity index (χ2v) is 8.76. The maximum absolute atomic E-state index is 11.8. The Morgan fingerprint density at radius 1 is 1.17 bits per heavy atom. The van der Waals surface area contributed by atoms with Crippen LogP contribution in [0.25, 0.3) is 0 Å². The molecule has 0 aromatic carbocycles. The number of morpholine rings is 1. The predicted octanol–water partition coefficient (Wildman–Crippen LogP) is 1.79. The van der Waals surface area contributed by atoms with Crippen LogP contribution >= 0.6 is 0 Å². The number of aliphatic imine (C=N–C) groups is 1. The molecule has 1 saturated carbocycles. The molecule has 2 aliphatic heterocycles. The fourth-order valence-corrected chi connectivity index (χ4v) is 4.83. The Hall–Kier alpha value is -1.54. The van der Waals surface area contributed by atoms with Gasteiger partial charge in [0.1, 0.15) is 0 Å². The second kappa shape index (κ2) is 11.0. The zero-order chi connectivity index (χ0) is 20.5. The van der Waals surface area contributed by atoms with Crippen molar-refractivity contribution in [2.24, 2.45) is 16.1 Å². The van der Waals surface area contributed by atoms with Crippen LogP contribution in [0.1, 0.15) is 51.9 Å². The average Bonchev–Trinajstić information content (AvgIpc) is 2.74. The van der Waals surface area contributed by atoms with E-state index in [9.17, 15) is 4.79 Å². The van der Waals surface area contributed by atoms with Gasteiger partial charge in [-0.05, 0) is 32.6 Å². The Morgan fingerprint density at radius 2 is 1.86 bits per heavy atom. The van der Waals surface area contributed by atoms with Gasteiger partial charge >= 0.3 is 6.09 Å². The van der Waals surface area contributed by atoms with Gasteiger partial charge in [0, 0.05) is 50.7 Å². The van der Waals surface area contributed by atoms with E-state index in [-0.39, 0.29) is 17.6 Å². The highest BCUT2D eigenvalue weighted by atomic mass is 16.6. The minimum Gasteiger partial charge on any atom is -0.450 e. The van der Waals surface area contributed by atoms with E-state index in [1.54, 1.807) is 4.90 Å². The number of carbonyl (C=O) groups is 1. The summed E-state index contributed by atoms with van der Waals surface area (Å²) in [7, 11) is 0. The van der Waals surface area contributed by atoms with Crippen molar-refractivity contribution in [3.8, 4) is 0 Å². The number of amides is 1. The summed E-state index contributed by atoms with van der Waals surface area (Å²) in [5, 5.41) is 3.39. The lowest BCUT2D eigenvalue weighted by Gasteiger charge is -2.41. The van der Waals surface area contributed by atoms with E-state index in [0.29, 0.717) is 25.7 Å². The van der Waals surface area contributed by atoms with Crippen molar-refractivity contribution in [2.45, 2.75) is 57.9 Å². The van der Waals surface area contributed by atoms with Crippen LogP contribution in [0.2, 0.25) is 0 Å². The molecule has 2 saturated heterocycles. The fraction of sp³-hybridized carbons (Fsp3) is 0.905. The van der Waals surface area contributed by atoms with Gasteiger partial charge in [-0.3, -0.25) is 9.89 Å². The molecule has 3 aliphatic rings. The Kier molecular flexibility index (Phi) is 8.41. The molecule has 0 atom stereocenters. The van der Waals surface area contributed by atoms with Gasteiger partial charge in [0.05, 0.1) is 19.8 Å². The molecular formula is C21H39N5O3. The van der Waals surface area contributed by atoms with E-state index in [1.807, 2.05) is 6.92 Å². The first-order valence-corrected chi connectivity index (χ1v) is 11.4. The van der Waals surface area contributed by atoms with Crippen LogP contribution in [-0.2, 0) is 9.47 Å². The smallest absolute Gasteiger partial charge is 0.409 e. The first kappa shape index (κ1) is 22.2. The molecule has 0 unspecified atom stereocenters. The first-order chi connectivity index (χ1) is 14.1. The monoisotopic (exact) mass is 409 g/mol. The molecule has 166 valence electrons. The number of rotatable bonds is 6. The summed E-state index contributed by atoms with van der Waals surface area (Å²) in [4.78, 5) is 20.9. The van der Waals surface area contributed by atoms with Crippen molar-refractivity contribution in [3.05, 3.63) is 0 Å². The molecule has 0 spiro atoms. The van der Waals surface area contributed by atoms with Gasteiger partial charge in [-0.2, -0.15) is 0 Å². The summed E-state index contributed by atoms with van der Waals surface area (Å²) in [6, 6.07) is 0.269. The molecule has 0 aromatic heterocycles. The number of piperidine rings is 1. The standard InChI is InChI=1S/C21H39N5O3/c1-2-29-20(27)26-10-6-18(7-11-26)24-19(22)23-16-21(8-4-3-5-9-21)17-25-12-14-28-15-13-25/h18H,2-17H2,1H3,(H3,22,23,24). The molecule has 1 aliphatic carbocycles. The SMILES string of the molecule is CCOC(=O)N1CCC(NC(N)=NCC2(CN3CCOCC3)CCCCC2)CC1. The summed E-state index contributed by atoms with van der Waals surface area (Å²) < 4.78 is 10.6. The number of hydrogen-bond acceptors (Lipinski definition) is 5. The average molecular weight is 410 g/mol. The van der Waals surface area contributed by atoms with Gasteiger partial charge < -0.3 is 25.4 Å². The van der Waals surface area contributed by atoms with Crippen LogP contribution in [0.4, 0.5) is 4.79 Å². The van der Waals surface area contributed by atoms with Crippen LogP contribution in [0.3, 0.4) is 0 Å². The summed E-state index contributed by atoms with van der Waals surface area (Å²) in [6.45, 7) is 9.29. The van der Waals surface area contributed by atoms with Crippen molar-refractivity contribution >= 4 is 12.1 Å². The highest BCUT2D eigenvalue weighted by molar-refractivity contribution is 5.78. The van der Waals surface area contributed by atoms with Gasteiger partial charge in [-0.15, -0.1) is 0 Å². The van der Waals surface area contributed by atoms with Crippen molar-refractivity contribution in [3.63, 3.8) is 0 Å². The number of guanidine groups is 1. The number of nitrogens with zero attached hydrogens (tertiary/aromatic N) is 3. The Bertz CT molecular complexity index is 536. The third-order valence-electron chi connectivity index (χ3n) is 6.53. The molecule has 0 radical (unpaired) electrons. The molecule has 29 heavy (non-hydrogen) atoms. The molecule has 3 rings (SSSR count). The number of ether oxygens (including phenoxy) is 2. The van der Waals surface area contributed by atoms with E-state index < -0.39 is 0 Å². The molecule has 8 heteroatoms. The molecule has 1 amide bonds. The van der Waals surface area contributed by atoms with E-state index in [4.69, 9.17) is 20.2 Å². The van der Waals surface area contributed by atoms with Crippen LogP contribution in [0, 0.1) is 5.41 Å². The quantitative estimate of drug-likeness (QED) is 0.513. The molecule has 8 nitrogen and oxygen atoms in total. The van der Waals surface area contributed by atoms with Crippen molar-refractivity contribution in [2.75, 3.05) is 59.1 Å². The minimum absolute atomic E-state index is 0.213. The molecule has 0 aromatic rings. The number of likely N-dealkylation sites (tertiary alicyclic amines) is 1. The third kappa shape index (κ3) is 6.74. The largest absolute Gasteiger partial charge is 0.450 e. The number of nitrogens with one attached hydrogen (secondary N) is 1. The van der Waals surface area contributed by atoms with Crippen molar-refractivity contribution < 1.29 is 14.3 Å². The predicted molar refractivity (Wildman–Crippen MR) is 114 cm³/mol. The van der Waals surface area contributed by atoms with Crippen LogP contribution < -0.4 is 11.1 Å². The summed E-state index contributed by atoms with van der Waals surface area (Å²) in [5.74, 6) is 0.548. The van der Waals surface area contributed by atoms with Crippen molar-refractivity contribution in [1.82, 2.24) is 15.1 Å².